The fourth-order valence-corrected chi connectivity index (χ4v) is 4.61. The van der Waals surface area contributed by atoms with E-state index < -0.39 is 0 Å². The van der Waals surface area contributed by atoms with E-state index in [1.807, 2.05) is 35.2 Å². The smallest absolute Gasteiger partial charge is 0.253 e. The third-order valence-electron chi connectivity index (χ3n) is 6.20. The lowest BCUT2D eigenvalue weighted by Gasteiger charge is -2.41. The highest BCUT2D eigenvalue weighted by atomic mass is 16.2. The summed E-state index contributed by atoms with van der Waals surface area (Å²) < 4.78 is 0. The van der Waals surface area contributed by atoms with Gasteiger partial charge in [0.2, 0.25) is 0 Å². The van der Waals surface area contributed by atoms with E-state index in [0.717, 1.165) is 43.0 Å². The number of amides is 1. The molecule has 0 unspecified atom stereocenters. The summed E-state index contributed by atoms with van der Waals surface area (Å²) >= 11 is 0. The van der Waals surface area contributed by atoms with E-state index in [0.29, 0.717) is 6.04 Å². The zero-order valence-electron chi connectivity index (χ0n) is 16.3. The van der Waals surface area contributed by atoms with E-state index in [9.17, 15) is 4.79 Å². The van der Waals surface area contributed by atoms with Gasteiger partial charge in [-0.05, 0) is 61.4 Å². The molecule has 0 radical (unpaired) electrons. The Balaban J connectivity index is 1.35. The van der Waals surface area contributed by atoms with Gasteiger partial charge in [-0.15, -0.1) is 0 Å². The van der Waals surface area contributed by atoms with Gasteiger partial charge in [-0.1, -0.05) is 49.4 Å². The first kappa shape index (κ1) is 18.2. The van der Waals surface area contributed by atoms with Crippen LogP contribution in [0.4, 0.5) is 0 Å². The summed E-state index contributed by atoms with van der Waals surface area (Å²) in [5.41, 5.74) is 3.15. The summed E-state index contributed by atoms with van der Waals surface area (Å²) in [6.45, 7) is 6.61. The molecule has 0 saturated carbocycles. The molecule has 4 rings (SSSR count). The van der Waals surface area contributed by atoms with Gasteiger partial charge in [0.1, 0.15) is 0 Å². The van der Waals surface area contributed by atoms with Crippen LogP contribution in [0.1, 0.15) is 43.0 Å². The molecule has 2 aromatic rings. The van der Waals surface area contributed by atoms with E-state index >= 15 is 0 Å². The Morgan fingerprint density at radius 2 is 1.52 bits per heavy atom. The molecule has 2 aliphatic heterocycles. The Labute approximate surface area is 163 Å². The van der Waals surface area contributed by atoms with Crippen molar-refractivity contribution in [2.24, 2.45) is 5.92 Å². The number of rotatable bonds is 3. The number of nitrogens with zero attached hydrogens (tertiary/aromatic N) is 2. The molecule has 2 aliphatic rings. The largest absolute Gasteiger partial charge is 0.339 e. The topological polar surface area (TPSA) is 23.6 Å². The molecule has 1 amide bonds. The summed E-state index contributed by atoms with van der Waals surface area (Å²) in [5, 5.41) is 0. The fraction of sp³-hybridized carbons (Fsp3) is 0.458. The van der Waals surface area contributed by atoms with E-state index in [1.165, 1.54) is 31.5 Å². The predicted molar refractivity (Wildman–Crippen MR) is 111 cm³/mol. The molecule has 0 bridgehead atoms. The maximum Gasteiger partial charge on any atom is 0.253 e. The van der Waals surface area contributed by atoms with Crippen molar-refractivity contribution in [1.29, 1.82) is 0 Å². The van der Waals surface area contributed by atoms with Gasteiger partial charge in [0.15, 0.2) is 0 Å². The van der Waals surface area contributed by atoms with Crippen molar-refractivity contribution in [3.05, 3.63) is 60.2 Å². The number of carbonyl (C=O) groups is 1. The Kier molecular flexibility index (Phi) is 5.58. The Morgan fingerprint density at radius 1 is 0.852 bits per heavy atom. The van der Waals surface area contributed by atoms with Gasteiger partial charge in [-0.25, -0.2) is 0 Å². The third kappa shape index (κ3) is 4.24. The van der Waals surface area contributed by atoms with E-state index in [4.69, 9.17) is 0 Å². The average molecular weight is 363 g/mol. The Bertz CT molecular complexity index is 748. The summed E-state index contributed by atoms with van der Waals surface area (Å²) in [6.07, 6.45) is 4.92. The van der Waals surface area contributed by atoms with Gasteiger partial charge in [0.05, 0.1) is 0 Å². The minimum Gasteiger partial charge on any atom is -0.339 e. The van der Waals surface area contributed by atoms with Crippen molar-refractivity contribution in [1.82, 2.24) is 9.80 Å². The van der Waals surface area contributed by atoms with Crippen LogP contribution < -0.4 is 0 Å². The second-order valence-corrected chi connectivity index (χ2v) is 8.21. The number of carbonyl (C=O) groups excluding carboxylic acids is 1. The average Bonchev–Trinajstić information content (AvgIpc) is 2.74. The fourth-order valence-electron chi connectivity index (χ4n) is 4.61. The number of benzene rings is 2. The molecule has 2 aromatic carbocycles. The van der Waals surface area contributed by atoms with Crippen LogP contribution in [0.25, 0.3) is 11.1 Å². The molecular weight excluding hydrogens is 332 g/mol. The highest BCUT2D eigenvalue weighted by Gasteiger charge is 2.29. The van der Waals surface area contributed by atoms with Crippen LogP contribution in [0.5, 0.6) is 0 Å². The van der Waals surface area contributed by atoms with E-state index in [-0.39, 0.29) is 5.91 Å². The normalized spacial score (nSPS) is 22.0. The van der Waals surface area contributed by atoms with Gasteiger partial charge >= 0.3 is 0 Å². The van der Waals surface area contributed by atoms with Gasteiger partial charge < -0.3 is 4.90 Å². The first-order valence-electron chi connectivity index (χ1n) is 10.4. The van der Waals surface area contributed by atoms with Gasteiger partial charge in [0, 0.05) is 31.2 Å². The van der Waals surface area contributed by atoms with Crippen molar-refractivity contribution in [2.45, 2.75) is 38.6 Å². The lowest BCUT2D eigenvalue weighted by molar-refractivity contribution is 0.0542. The zero-order chi connectivity index (χ0) is 18.6. The monoisotopic (exact) mass is 362 g/mol. The summed E-state index contributed by atoms with van der Waals surface area (Å²) in [4.78, 5) is 17.6. The molecule has 0 spiro atoms. The lowest BCUT2D eigenvalue weighted by atomic mass is 9.95. The second-order valence-electron chi connectivity index (χ2n) is 8.21. The first-order chi connectivity index (χ1) is 13.2. The molecule has 0 N–H and O–H groups in total. The summed E-state index contributed by atoms with van der Waals surface area (Å²) in [6, 6.07) is 19.0. The second kappa shape index (κ2) is 8.26. The van der Waals surface area contributed by atoms with E-state index in [2.05, 4.69) is 36.1 Å². The van der Waals surface area contributed by atoms with Crippen LogP contribution in [0.15, 0.2) is 54.6 Å². The van der Waals surface area contributed by atoms with Crippen molar-refractivity contribution in [3.8, 4) is 11.1 Å². The highest BCUT2D eigenvalue weighted by molar-refractivity contribution is 5.94. The van der Waals surface area contributed by atoms with Gasteiger partial charge in [-0.2, -0.15) is 0 Å². The van der Waals surface area contributed by atoms with Crippen molar-refractivity contribution in [2.75, 3.05) is 26.2 Å². The number of hydrogen-bond acceptors (Lipinski definition) is 2. The maximum atomic E-state index is 12.9. The quantitative estimate of drug-likeness (QED) is 0.791. The Morgan fingerprint density at radius 3 is 2.19 bits per heavy atom. The molecule has 3 heteroatoms. The molecule has 27 heavy (non-hydrogen) atoms. The molecule has 2 heterocycles. The van der Waals surface area contributed by atoms with Crippen LogP contribution in [-0.2, 0) is 0 Å². The standard InChI is InChI=1S/C24H30N2O/c1-19-6-5-15-26(18-19)23-13-16-25(17-14-23)24(27)22-11-9-21(10-12-22)20-7-3-2-4-8-20/h2-4,7-12,19,23H,5-6,13-18H2,1H3/t19-/m0/s1. The number of likely N-dealkylation sites (tertiary alicyclic amines) is 2. The predicted octanol–water partition coefficient (Wildman–Crippen LogP) is 4.69. The molecule has 3 nitrogen and oxygen atoms in total. The number of piperidine rings is 2. The molecule has 0 aromatic heterocycles. The number of hydrogen-bond donors (Lipinski definition) is 0. The molecule has 2 fully saturated rings. The van der Waals surface area contributed by atoms with Crippen LogP contribution in [-0.4, -0.2) is 47.9 Å². The van der Waals surface area contributed by atoms with Gasteiger partial charge in [0.25, 0.3) is 5.91 Å². The molecule has 142 valence electrons. The summed E-state index contributed by atoms with van der Waals surface area (Å²) in [5.74, 6) is 1.00. The SMILES string of the molecule is C[C@H]1CCCN(C2CCN(C(=O)c3ccc(-c4ccccc4)cc3)CC2)C1. The lowest BCUT2D eigenvalue weighted by Crippen LogP contribution is -2.49. The van der Waals surface area contributed by atoms with Crippen LogP contribution in [0, 0.1) is 5.92 Å². The first-order valence-corrected chi connectivity index (χ1v) is 10.4. The van der Waals surface area contributed by atoms with Crippen molar-refractivity contribution >= 4 is 5.91 Å². The molecule has 1 atom stereocenters. The Hall–Kier alpha value is -2.13. The summed E-state index contributed by atoms with van der Waals surface area (Å²) in [7, 11) is 0. The minimum absolute atomic E-state index is 0.181. The van der Waals surface area contributed by atoms with E-state index in [1.54, 1.807) is 0 Å². The third-order valence-corrected chi connectivity index (χ3v) is 6.20. The molecule has 2 saturated heterocycles. The van der Waals surface area contributed by atoms with Crippen LogP contribution >= 0.6 is 0 Å². The minimum atomic E-state index is 0.181. The maximum absolute atomic E-state index is 12.9. The van der Waals surface area contributed by atoms with Crippen LogP contribution in [0.3, 0.4) is 0 Å². The van der Waals surface area contributed by atoms with Crippen molar-refractivity contribution < 1.29 is 4.79 Å². The van der Waals surface area contributed by atoms with Crippen molar-refractivity contribution in [3.63, 3.8) is 0 Å². The molecule has 0 aliphatic carbocycles. The van der Waals surface area contributed by atoms with Crippen LogP contribution in [0.2, 0.25) is 0 Å². The highest BCUT2D eigenvalue weighted by Crippen LogP contribution is 2.25. The molecular formula is C24H30N2O. The zero-order valence-corrected chi connectivity index (χ0v) is 16.3. The van der Waals surface area contributed by atoms with Gasteiger partial charge in [-0.3, -0.25) is 9.69 Å².